The van der Waals surface area contributed by atoms with Crippen LogP contribution in [0.2, 0.25) is 5.82 Å². The maximum atomic E-state index is 5.55. The first kappa shape index (κ1) is 10.0. The van der Waals surface area contributed by atoms with E-state index in [4.69, 9.17) is 12.6 Å². The lowest BCUT2D eigenvalue weighted by molar-refractivity contribution is 0.0760. The predicted octanol–water partition coefficient (Wildman–Crippen LogP) is 2.17. The van der Waals surface area contributed by atoms with Gasteiger partial charge >= 0.3 is 0 Å². The molecule has 0 rings (SSSR count). The molecule has 1 atom stereocenters. The van der Waals surface area contributed by atoms with Crippen LogP contribution in [-0.4, -0.2) is 20.6 Å². The van der Waals surface area contributed by atoms with Crippen LogP contribution in [-0.2, 0) is 4.74 Å². The summed E-state index contributed by atoms with van der Waals surface area (Å²) in [6.45, 7) is 6.96. The van der Waals surface area contributed by atoms with Crippen LogP contribution in [0.15, 0.2) is 0 Å². The lowest BCUT2D eigenvalue weighted by Gasteiger charge is -2.08. The Morgan fingerprint density at radius 1 is 1.30 bits per heavy atom. The van der Waals surface area contributed by atoms with Crippen LogP contribution in [0.5, 0.6) is 0 Å². The topological polar surface area (TPSA) is 9.23 Å². The molecule has 58 valence electrons. The van der Waals surface area contributed by atoms with Gasteiger partial charge in [0.15, 0.2) is 0 Å². The van der Waals surface area contributed by atoms with Gasteiger partial charge < -0.3 is 4.74 Å². The van der Waals surface area contributed by atoms with E-state index in [1.54, 1.807) is 0 Å². The minimum atomic E-state index is 0.316. The standard InChI is InChI=1S/C8H17BO/c1-7(2)10-6-4-5-8(3)9/h7-8H,4-6H2,1-3H3. The fourth-order valence-corrected chi connectivity index (χ4v) is 0.724. The Kier molecular flexibility index (Phi) is 5.80. The smallest absolute Gasteiger partial charge is 0.0695 e. The molecule has 0 aromatic carbocycles. The maximum absolute atomic E-state index is 5.55. The molecule has 0 fully saturated rings. The van der Waals surface area contributed by atoms with E-state index >= 15 is 0 Å². The molecular formula is C8H17BO. The van der Waals surface area contributed by atoms with Crippen molar-refractivity contribution < 1.29 is 4.74 Å². The molecule has 0 saturated carbocycles. The molecule has 0 aliphatic rings. The van der Waals surface area contributed by atoms with Crippen molar-refractivity contribution in [2.45, 2.75) is 45.5 Å². The van der Waals surface area contributed by atoms with E-state index in [-0.39, 0.29) is 0 Å². The first-order valence-electron chi connectivity index (χ1n) is 4.00. The zero-order chi connectivity index (χ0) is 7.98. The molecule has 0 aliphatic carbocycles. The molecule has 2 radical (unpaired) electrons. The van der Waals surface area contributed by atoms with E-state index in [2.05, 4.69) is 0 Å². The van der Waals surface area contributed by atoms with Crippen LogP contribution in [0, 0.1) is 0 Å². The molecule has 1 unspecified atom stereocenters. The van der Waals surface area contributed by atoms with Crippen LogP contribution in [0.4, 0.5) is 0 Å². The van der Waals surface area contributed by atoms with Gasteiger partial charge in [-0.05, 0) is 20.3 Å². The van der Waals surface area contributed by atoms with Crippen molar-refractivity contribution in [1.29, 1.82) is 0 Å². The van der Waals surface area contributed by atoms with E-state index in [9.17, 15) is 0 Å². The van der Waals surface area contributed by atoms with Gasteiger partial charge in [0.2, 0.25) is 0 Å². The highest BCUT2D eigenvalue weighted by atomic mass is 16.5. The fraction of sp³-hybridized carbons (Fsp3) is 1.00. The Bertz CT molecular complexity index is 61.7. The van der Waals surface area contributed by atoms with Crippen molar-refractivity contribution in [3.05, 3.63) is 0 Å². The third-order valence-corrected chi connectivity index (χ3v) is 1.25. The Labute approximate surface area is 65.6 Å². The summed E-state index contributed by atoms with van der Waals surface area (Å²) >= 11 is 0. The first-order chi connectivity index (χ1) is 4.63. The van der Waals surface area contributed by atoms with Crippen molar-refractivity contribution in [3.8, 4) is 0 Å². The van der Waals surface area contributed by atoms with E-state index < -0.39 is 0 Å². The summed E-state index contributed by atoms with van der Waals surface area (Å²) in [5, 5.41) is 0. The molecule has 0 N–H and O–H groups in total. The average molecular weight is 140 g/mol. The molecule has 0 heterocycles. The normalized spacial score (nSPS) is 14.0. The number of rotatable bonds is 5. The lowest BCUT2D eigenvalue weighted by Crippen LogP contribution is -2.04. The number of hydrogen-bond donors (Lipinski definition) is 0. The second-order valence-corrected chi connectivity index (χ2v) is 3.04. The van der Waals surface area contributed by atoms with Crippen molar-refractivity contribution in [3.63, 3.8) is 0 Å². The van der Waals surface area contributed by atoms with Gasteiger partial charge in [0.1, 0.15) is 0 Å². The van der Waals surface area contributed by atoms with Crippen LogP contribution in [0.3, 0.4) is 0 Å². The van der Waals surface area contributed by atoms with Gasteiger partial charge in [0.25, 0.3) is 0 Å². The number of ether oxygens (including phenoxy) is 1. The molecule has 0 spiro atoms. The molecule has 0 aromatic heterocycles. The summed E-state index contributed by atoms with van der Waals surface area (Å²) in [4.78, 5) is 0. The largest absolute Gasteiger partial charge is 0.379 e. The van der Waals surface area contributed by atoms with Crippen molar-refractivity contribution in [2.75, 3.05) is 6.61 Å². The Morgan fingerprint density at radius 3 is 2.30 bits per heavy atom. The van der Waals surface area contributed by atoms with Gasteiger partial charge in [-0.2, -0.15) is 0 Å². The maximum Gasteiger partial charge on any atom is 0.0695 e. The molecule has 0 bridgehead atoms. The van der Waals surface area contributed by atoms with Gasteiger partial charge in [-0.25, -0.2) is 0 Å². The van der Waals surface area contributed by atoms with Crippen LogP contribution in [0.1, 0.15) is 33.6 Å². The molecule has 0 saturated heterocycles. The molecular weight excluding hydrogens is 123 g/mol. The highest BCUT2D eigenvalue weighted by Crippen LogP contribution is 2.06. The minimum absolute atomic E-state index is 0.316. The van der Waals surface area contributed by atoms with Crippen molar-refractivity contribution in [2.24, 2.45) is 0 Å². The molecule has 0 aromatic rings. The van der Waals surface area contributed by atoms with Crippen LogP contribution in [0.25, 0.3) is 0 Å². The van der Waals surface area contributed by atoms with Crippen molar-refractivity contribution in [1.82, 2.24) is 0 Å². The highest BCUT2D eigenvalue weighted by Gasteiger charge is 1.95. The van der Waals surface area contributed by atoms with Gasteiger partial charge in [0, 0.05) is 6.61 Å². The zero-order valence-electron chi connectivity index (χ0n) is 7.26. The second-order valence-electron chi connectivity index (χ2n) is 3.04. The Hall–Kier alpha value is 0.0249. The highest BCUT2D eigenvalue weighted by molar-refractivity contribution is 6.11. The lowest BCUT2D eigenvalue weighted by atomic mass is 9.86. The van der Waals surface area contributed by atoms with Gasteiger partial charge in [-0.15, -0.1) is 0 Å². The fourth-order valence-electron chi connectivity index (χ4n) is 0.724. The summed E-state index contributed by atoms with van der Waals surface area (Å²) in [7, 11) is 5.55. The molecule has 0 amide bonds. The van der Waals surface area contributed by atoms with E-state index in [1.807, 2.05) is 20.8 Å². The molecule has 10 heavy (non-hydrogen) atoms. The predicted molar refractivity (Wildman–Crippen MR) is 45.5 cm³/mol. The third-order valence-electron chi connectivity index (χ3n) is 1.25. The summed E-state index contributed by atoms with van der Waals surface area (Å²) in [5.74, 6) is 0.316. The SMILES string of the molecule is [B]C(C)CCCOC(C)C. The van der Waals surface area contributed by atoms with E-state index in [0.29, 0.717) is 11.9 Å². The Morgan fingerprint density at radius 2 is 1.90 bits per heavy atom. The van der Waals surface area contributed by atoms with Crippen LogP contribution >= 0.6 is 0 Å². The molecule has 0 aliphatic heterocycles. The van der Waals surface area contributed by atoms with Gasteiger partial charge in [-0.1, -0.05) is 19.2 Å². The summed E-state index contributed by atoms with van der Waals surface area (Å²) in [5.41, 5.74) is 0. The summed E-state index contributed by atoms with van der Waals surface area (Å²) < 4.78 is 5.34. The second kappa shape index (κ2) is 5.78. The first-order valence-corrected chi connectivity index (χ1v) is 4.00. The Balaban J connectivity index is 2.91. The van der Waals surface area contributed by atoms with Crippen LogP contribution < -0.4 is 0 Å². The van der Waals surface area contributed by atoms with Crippen molar-refractivity contribution >= 4 is 7.85 Å². The molecule has 2 heteroatoms. The molecule has 1 nitrogen and oxygen atoms in total. The zero-order valence-corrected chi connectivity index (χ0v) is 7.26. The van der Waals surface area contributed by atoms with Gasteiger partial charge in [-0.3, -0.25) is 0 Å². The minimum Gasteiger partial charge on any atom is -0.379 e. The van der Waals surface area contributed by atoms with E-state index in [0.717, 1.165) is 19.4 Å². The summed E-state index contributed by atoms with van der Waals surface area (Å²) in [6.07, 6.45) is 2.50. The monoisotopic (exact) mass is 140 g/mol. The number of hydrogen-bond acceptors (Lipinski definition) is 1. The van der Waals surface area contributed by atoms with Gasteiger partial charge in [0.05, 0.1) is 14.0 Å². The van der Waals surface area contributed by atoms with E-state index in [1.165, 1.54) is 0 Å². The quantitative estimate of drug-likeness (QED) is 0.420. The average Bonchev–Trinajstić information content (AvgIpc) is 1.79. The summed E-state index contributed by atoms with van der Waals surface area (Å²) in [6, 6.07) is 0. The third kappa shape index (κ3) is 8.02.